The first-order valence-corrected chi connectivity index (χ1v) is 7.20. The van der Waals surface area contributed by atoms with Crippen molar-refractivity contribution in [2.45, 2.75) is 60.1 Å². The van der Waals surface area contributed by atoms with Crippen LogP contribution in [0.2, 0.25) is 0 Å². The predicted molar refractivity (Wildman–Crippen MR) is 77.8 cm³/mol. The van der Waals surface area contributed by atoms with Crippen molar-refractivity contribution < 1.29 is 9.53 Å². The van der Waals surface area contributed by atoms with Gasteiger partial charge in [0.15, 0.2) is 0 Å². The minimum Gasteiger partial charge on any atom is -0.444 e. The summed E-state index contributed by atoms with van der Waals surface area (Å²) in [4.78, 5) is 11.9. The molecule has 0 aromatic carbocycles. The fourth-order valence-corrected chi connectivity index (χ4v) is 3.06. The van der Waals surface area contributed by atoms with Crippen LogP contribution in [0.3, 0.4) is 0 Å². The summed E-state index contributed by atoms with van der Waals surface area (Å²) in [6.45, 7) is 15.0. The molecule has 1 rings (SSSR count). The van der Waals surface area contributed by atoms with Gasteiger partial charge in [0.1, 0.15) is 5.60 Å². The lowest BCUT2D eigenvalue weighted by Gasteiger charge is -2.27. The van der Waals surface area contributed by atoms with Crippen LogP contribution >= 0.6 is 0 Å². The van der Waals surface area contributed by atoms with Gasteiger partial charge in [-0.3, -0.25) is 0 Å². The number of nitrogens with one attached hydrogen (secondary N) is 1. The molecule has 0 bridgehead atoms. The summed E-state index contributed by atoms with van der Waals surface area (Å²) in [5.41, 5.74) is 5.57. The lowest BCUT2D eigenvalue weighted by molar-refractivity contribution is 0.0476. The Labute approximate surface area is 117 Å². The van der Waals surface area contributed by atoms with Crippen LogP contribution in [0.5, 0.6) is 0 Å². The molecule has 3 atom stereocenters. The number of hydrogen-bond donors (Lipinski definition) is 2. The number of nitrogens with two attached hydrogens (primary N) is 1. The Hall–Kier alpha value is -0.770. The molecule has 0 spiro atoms. The second-order valence-corrected chi connectivity index (χ2v) is 7.61. The van der Waals surface area contributed by atoms with Crippen molar-refractivity contribution in [3.8, 4) is 0 Å². The van der Waals surface area contributed by atoms with Gasteiger partial charge in [0.05, 0.1) is 0 Å². The van der Waals surface area contributed by atoms with Crippen LogP contribution in [-0.4, -0.2) is 24.3 Å². The first-order valence-electron chi connectivity index (χ1n) is 7.20. The molecule has 0 aliphatic heterocycles. The standard InChI is InChI=1S/C15H30N2O2/c1-9(2)12(11-10(8-16)15(11,6)7)17-13(18)19-14(3,4)5/h9-12H,8,16H2,1-7H3,(H,17,18). The third-order valence-electron chi connectivity index (χ3n) is 4.18. The first kappa shape index (κ1) is 16.3. The van der Waals surface area contributed by atoms with Gasteiger partial charge < -0.3 is 15.8 Å². The van der Waals surface area contributed by atoms with Gasteiger partial charge in [-0.25, -0.2) is 4.79 Å². The zero-order valence-electron chi connectivity index (χ0n) is 13.4. The maximum absolute atomic E-state index is 11.9. The summed E-state index contributed by atoms with van der Waals surface area (Å²) in [5, 5.41) is 3.04. The van der Waals surface area contributed by atoms with Crippen molar-refractivity contribution in [2.75, 3.05) is 6.54 Å². The number of carbonyl (C=O) groups is 1. The van der Waals surface area contributed by atoms with Gasteiger partial charge in [-0.2, -0.15) is 0 Å². The molecule has 1 saturated carbocycles. The molecule has 4 nitrogen and oxygen atoms in total. The average molecular weight is 270 g/mol. The highest BCUT2D eigenvalue weighted by atomic mass is 16.6. The highest BCUT2D eigenvalue weighted by molar-refractivity contribution is 5.68. The summed E-state index contributed by atoms with van der Waals surface area (Å²) in [6.07, 6.45) is -0.329. The van der Waals surface area contributed by atoms with E-state index in [4.69, 9.17) is 10.5 Å². The minimum atomic E-state index is -0.460. The van der Waals surface area contributed by atoms with Gasteiger partial charge in [0.2, 0.25) is 0 Å². The van der Waals surface area contributed by atoms with E-state index < -0.39 is 5.60 Å². The van der Waals surface area contributed by atoms with Crippen LogP contribution in [0.4, 0.5) is 4.79 Å². The van der Waals surface area contributed by atoms with Gasteiger partial charge in [-0.1, -0.05) is 27.7 Å². The summed E-state index contributed by atoms with van der Waals surface area (Å²) >= 11 is 0. The summed E-state index contributed by atoms with van der Waals surface area (Å²) in [5.74, 6) is 1.29. The van der Waals surface area contributed by atoms with E-state index in [0.717, 1.165) is 0 Å². The van der Waals surface area contributed by atoms with E-state index in [1.165, 1.54) is 0 Å². The van der Waals surface area contributed by atoms with Crippen LogP contribution in [0, 0.1) is 23.2 Å². The zero-order chi connectivity index (χ0) is 15.0. The van der Waals surface area contributed by atoms with Gasteiger partial charge in [0, 0.05) is 6.04 Å². The Morgan fingerprint density at radius 1 is 1.37 bits per heavy atom. The SMILES string of the molecule is CC(C)C(NC(=O)OC(C)(C)C)C1C(CN)C1(C)C. The number of alkyl carbamates (subject to hydrolysis) is 1. The quantitative estimate of drug-likeness (QED) is 0.825. The smallest absolute Gasteiger partial charge is 0.407 e. The van der Waals surface area contributed by atoms with Crippen LogP contribution < -0.4 is 11.1 Å². The number of carbonyl (C=O) groups excluding carboxylic acids is 1. The second-order valence-electron chi connectivity index (χ2n) is 7.61. The van der Waals surface area contributed by atoms with Crippen molar-refractivity contribution in [3.05, 3.63) is 0 Å². The largest absolute Gasteiger partial charge is 0.444 e. The average Bonchev–Trinajstić information content (AvgIpc) is 2.73. The third-order valence-corrected chi connectivity index (χ3v) is 4.18. The van der Waals surface area contributed by atoms with E-state index in [0.29, 0.717) is 24.3 Å². The minimum absolute atomic E-state index is 0.124. The Bertz CT molecular complexity index is 332. The molecule has 0 heterocycles. The molecule has 3 unspecified atom stereocenters. The molecule has 1 amide bonds. The molecule has 0 aromatic rings. The van der Waals surface area contributed by atoms with E-state index in [1.807, 2.05) is 20.8 Å². The monoisotopic (exact) mass is 270 g/mol. The molecule has 0 saturated heterocycles. The highest BCUT2D eigenvalue weighted by Gasteiger charge is 2.60. The molecule has 1 aliphatic rings. The van der Waals surface area contributed by atoms with Crippen molar-refractivity contribution in [1.82, 2.24) is 5.32 Å². The summed E-state index contributed by atoms with van der Waals surface area (Å²) in [7, 11) is 0. The molecule has 0 aromatic heterocycles. The molecular formula is C15H30N2O2. The van der Waals surface area contributed by atoms with Gasteiger partial charge in [-0.15, -0.1) is 0 Å². The number of ether oxygens (including phenoxy) is 1. The molecule has 1 fully saturated rings. The fourth-order valence-electron chi connectivity index (χ4n) is 3.06. The van der Waals surface area contributed by atoms with E-state index in [-0.39, 0.29) is 17.6 Å². The van der Waals surface area contributed by atoms with E-state index >= 15 is 0 Å². The van der Waals surface area contributed by atoms with E-state index in [2.05, 4.69) is 33.0 Å². The maximum Gasteiger partial charge on any atom is 0.407 e. The zero-order valence-corrected chi connectivity index (χ0v) is 13.4. The van der Waals surface area contributed by atoms with Crippen molar-refractivity contribution in [2.24, 2.45) is 28.9 Å². The Morgan fingerprint density at radius 3 is 2.21 bits per heavy atom. The first-order chi connectivity index (χ1) is 8.50. The Balaban J connectivity index is 2.68. The summed E-state index contributed by atoms with van der Waals surface area (Å²) < 4.78 is 5.35. The molecular weight excluding hydrogens is 240 g/mol. The molecule has 4 heteroatoms. The predicted octanol–water partition coefficient (Wildman–Crippen LogP) is 2.77. The Morgan fingerprint density at radius 2 is 1.89 bits per heavy atom. The van der Waals surface area contributed by atoms with Crippen LogP contribution in [0.25, 0.3) is 0 Å². The van der Waals surface area contributed by atoms with Crippen LogP contribution in [0.1, 0.15) is 48.5 Å². The molecule has 19 heavy (non-hydrogen) atoms. The second kappa shape index (κ2) is 5.31. The number of hydrogen-bond acceptors (Lipinski definition) is 3. The van der Waals surface area contributed by atoms with Crippen molar-refractivity contribution >= 4 is 6.09 Å². The maximum atomic E-state index is 11.9. The number of rotatable bonds is 4. The topological polar surface area (TPSA) is 64.3 Å². The van der Waals surface area contributed by atoms with Crippen LogP contribution in [-0.2, 0) is 4.74 Å². The normalized spacial score (nSPS) is 27.0. The van der Waals surface area contributed by atoms with E-state index in [9.17, 15) is 4.79 Å². The lowest BCUT2D eigenvalue weighted by atomic mass is 9.94. The number of amides is 1. The third kappa shape index (κ3) is 3.85. The molecule has 0 radical (unpaired) electrons. The van der Waals surface area contributed by atoms with Gasteiger partial charge in [0.25, 0.3) is 0 Å². The lowest BCUT2D eigenvalue weighted by Crippen LogP contribution is -2.44. The Kier molecular flexibility index (Phi) is 4.55. The molecule has 1 aliphatic carbocycles. The fraction of sp³-hybridized carbons (Fsp3) is 0.933. The van der Waals surface area contributed by atoms with E-state index in [1.54, 1.807) is 0 Å². The van der Waals surface area contributed by atoms with Gasteiger partial charge >= 0.3 is 6.09 Å². The van der Waals surface area contributed by atoms with Crippen molar-refractivity contribution in [3.63, 3.8) is 0 Å². The highest BCUT2D eigenvalue weighted by Crippen LogP contribution is 2.60. The van der Waals surface area contributed by atoms with Gasteiger partial charge in [-0.05, 0) is 50.5 Å². The molecule has 112 valence electrons. The van der Waals surface area contributed by atoms with Crippen LogP contribution in [0.15, 0.2) is 0 Å². The summed E-state index contributed by atoms with van der Waals surface area (Å²) in [6, 6.07) is 0.124. The van der Waals surface area contributed by atoms with Crippen molar-refractivity contribution in [1.29, 1.82) is 0 Å². The molecule has 3 N–H and O–H groups in total.